The van der Waals surface area contributed by atoms with Crippen LogP contribution in [0.5, 0.6) is 11.5 Å². The molecule has 5 nitrogen and oxygen atoms in total. The van der Waals surface area contributed by atoms with Gasteiger partial charge >= 0.3 is 0 Å². The van der Waals surface area contributed by atoms with Gasteiger partial charge in [-0.3, -0.25) is 4.68 Å². The fourth-order valence-electron chi connectivity index (χ4n) is 2.48. The Morgan fingerprint density at radius 1 is 1.29 bits per heavy atom. The molecule has 0 aliphatic carbocycles. The van der Waals surface area contributed by atoms with Crippen molar-refractivity contribution < 1.29 is 9.47 Å². The van der Waals surface area contributed by atoms with Crippen molar-refractivity contribution in [2.45, 2.75) is 39.4 Å². The Labute approximate surface area is 124 Å². The summed E-state index contributed by atoms with van der Waals surface area (Å²) in [5, 5.41) is 7.88. The molecule has 0 bridgehead atoms. The van der Waals surface area contributed by atoms with Crippen molar-refractivity contribution in [3.05, 3.63) is 41.7 Å². The van der Waals surface area contributed by atoms with Crippen LogP contribution in [0.3, 0.4) is 0 Å². The van der Waals surface area contributed by atoms with E-state index in [1.165, 1.54) is 11.3 Å². The molecule has 0 spiro atoms. The lowest BCUT2D eigenvalue weighted by atomic mass is 10.1. The molecule has 112 valence electrons. The minimum Gasteiger partial charge on any atom is -0.454 e. The molecular formula is C16H21N3O2. The number of hydrogen-bond donors (Lipinski definition) is 1. The monoisotopic (exact) mass is 287 g/mol. The first-order chi connectivity index (χ1) is 10.3. The van der Waals surface area contributed by atoms with Crippen LogP contribution in [0.15, 0.2) is 30.5 Å². The summed E-state index contributed by atoms with van der Waals surface area (Å²) in [5.41, 5.74) is 2.41. The molecular weight excluding hydrogens is 266 g/mol. The van der Waals surface area contributed by atoms with Crippen LogP contribution < -0.4 is 14.8 Å². The molecule has 3 rings (SSSR count). The average molecular weight is 287 g/mol. The molecule has 0 radical (unpaired) electrons. The molecule has 1 atom stereocenters. The largest absolute Gasteiger partial charge is 0.454 e. The van der Waals surface area contributed by atoms with E-state index in [9.17, 15) is 0 Å². The topological polar surface area (TPSA) is 48.3 Å². The van der Waals surface area contributed by atoms with Gasteiger partial charge in [0.2, 0.25) is 6.79 Å². The molecule has 1 unspecified atom stereocenters. The lowest BCUT2D eigenvalue weighted by molar-refractivity contribution is 0.174. The van der Waals surface area contributed by atoms with Gasteiger partial charge in [-0.1, -0.05) is 13.0 Å². The van der Waals surface area contributed by atoms with Crippen molar-refractivity contribution in [2.24, 2.45) is 0 Å². The maximum absolute atomic E-state index is 5.43. The van der Waals surface area contributed by atoms with Gasteiger partial charge in [0.15, 0.2) is 11.5 Å². The van der Waals surface area contributed by atoms with E-state index >= 15 is 0 Å². The van der Waals surface area contributed by atoms with E-state index in [0.29, 0.717) is 6.79 Å². The molecule has 1 aromatic heterocycles. The van der Waals surface area contributed by atoms with Gasteiger partial charge in [0.25, 0.3) is 0 Å². The second kappa shape index (κ2) is 6.18. The highest BCUT2D eigenvalue weighted by molar-refractivity contribution is 5.45. The number of fused-ring (bicyclic) bond motifs is 1. The zero-order valence-electron chi connectivity index (χ0n) is 12.5. The van der Waals surface area contributed by atoms with Gasteiger partial charge in [-0.25, -0.2) is 0 Å². The van der Waals surface area contributed by atoms with Crippen LogP contribution >= 0.6 is 0 Å². The Kier molecular flexibility index (Phi) is 4.10. The first-order valence-corrected chi connectivity index (χ1v) is 7.41. The van der Waals surface area contributed by atoms with Gasteiger partial charge in [0, 0.05) is 25.3 Å². The van der Waals surface area contributed by atoms with Crippen molar-refractivity contribution >= 4 is 0 Å². The molecule has 21 heavy (non-hydrogen) atoms. The van der Waals surface area contributed by atoms with E-state index in [2.05, 4.69) is 41.1 Å². The van der Waals surface area contributed by atoms with Crippen LogP contribution in [0, 0.1) is 0 Å². The number of ether oxygens (including phenoxy) is 2. The third-order valence-corrected chi connectivity index (χ3v) is 3.73. The highest BCUT2D eigenvalue weighted by Gasteiger charge is 2.15. The van der Waals surface area contributed by atoms with E-state index in [1.54, 1.807) is 0 Å². The molecule has 1 aliphatic heterocycles. The van der Waals surface area contributed by atoms with Gasteiger partial charge < -0.3 is 14.8 Å². The molecule has 0 fully saturated rings. The van der Waals surface area contributed by atoms with E-state index in [-0.39, 0.29) is 6.04 Å². The molecule has 1 aliphatic rings. The van der Waals surface area contributed by atoms with Crippen LogP contribution in [0.25, 0.3) is 0 Å². The summed E-state index contributed by atoms with van der Waals surface area (Å²) in [6.07, 6.45) is 2.95. The molecule has 0 saturated heterocycles. The number of aryl methyl sites for hydroxylation is 1. The third-order valence-electron chi connectivity index (χ3n) is 3.73. The van der Waals surface area contributed by atoms with Gasteiger partial charge in [-0.2, -0.15) is 5.10 Å². The van der Waals surface area contributed by atoms with Gasteiger partial charge in [0.1, 0.15) is 0 Å². The van der Waals surface area contributed by atoms with E-state index in [0.717, 1.165) is 31.0 Å². The Hall–Kier alpha value is -2.01. The molecule has 0 amide bonds. The maximum Gasteiger partial charge on any atom is 0.231 e. The minimum absolute atomic E-state index is 0.240. The Morgan fingerprint density at radius 2 is 2.14 bits per heavy atom. The molecule has 1 aromatic carbocycles. The standard InChI is InChI=1S/C16H21N3O2/c1-3-8-19-14(6-7-18-19)10-17-12(2)13-4-5-15-16(9-13)21-11-20-15/h4-7,9,12,17H,3,8,10-11H2,1-2H3. The Morgan fingerprint density at radius 3 is 3.00 bits per heavy atom. The Bertz CT molecular complexity index is 609. The lowest BCUT2D eigenvalue weighted by Gasteiger charge is -2.15. The second-order valence-electron chi connectivity index (χ2n) is 5.26. The summed E-state index contributed by atoms with van der Waals surface area (Å²) < 4.78 is 12.8. The molecule has 2 heterocycles. The van der Waals surface area contributed by atoms with Crippen LogP contribution in [-0.4, -0.2) is 16.6 Å². The van der Waals surface area contributed by atoms with E-state index < -0.39 is 0 Å². The summed E-state index contributed by atoms with van der Waals surface area (Å²) in [6, 6.07) is 8.40. The maximum atomic E-state index is 5.43. The van der Waals surface area contributed by atoms with Gasteiger partial charge in [-0.05, 0) is 37.1 Å². The number of aromatic nitrogens is 2. The molecule has 5 heteroatoms. The molecule has 0 saturated carbocycles. The number of benzene rings is 1. The normalized spacial score (nSPS) is 14.4. The Balaban J connectivity index is 1.63. The van der Waals surface area contributed by atoms with Gasteiger partial charge in [-0.15, -0.1) is 0 Å². The third kappa shape index (κ3) is 3.03. The smallest absolute Gasteiger partial charge is 0.231 e. The van der Waals surface area contributed by atoms with Crippen LogP contribution in [0.4, 0.5) is 0 Å². The fraction of sp³-hybridized carbons (Fsp3) is 0.438. The summed E-state index contributed by atoms with van der Waals surface area (Å²) in [4.78, 5) is 0. The van der Waals surface area contributed by atoms with Crippen molar-refractivity contribution in [2.75, 3.05) is 6.79 Å². The predicted molar refractivity (Wildman–Crippen MR) is 80.3 cm³/mol. The number of hydrogen-bond acceptors (Lipinski definition) is 4. The van der Waals surface area contributed by atoms with E-state index in [4.69, 9.17) is 9.47 Å². The predicted octanol–water partition coefficient (Wildman–Crippen LogP) is 2.87. The molecule has 2 aromatic rings. The van der Waals surface area contributed by atoms with Crippen molar-refractivity contribution in [1.29, 1.82) is 0 Å². The van der Waals surface area contributed by atoms with Crippen molar-refractivity contribution in [3.63, 3.8) is 0 Å². The highest BCUT2D eigenvalue weighted by atomic mass is 16.7. The first kappa shape index (κ1) is 13.9. The summed E-state index contributed by atoms with van der Waals surface area (Å²) in [7, 11) is 0. The summed E-state index contributed by atoms with van der Waals surface area (Å²) in [6.45, 7) is 6.39. The lowest BCUT2D eigenvalue weighted by Crippen LogP contribution is -2.20. The first-order valence-electron chi connectivity index (χ1n) is 7.41. The van der Waals surface area contributed by atoms with E-state index in [1.807, 2.05) is 18.3 Å². The number of nitrogens with one attached hydrogen (secondary N) is 1. The number of nitrogens with zero attached hydrogens (tertiary/aromatic N) is 2. The minimum atomic E-state index is 0.240. The zero-order chi connectivity index (χ0) is 14.7. The van der Waals surface area contributed by atoms with Crippen LogP contribution in [0.2, 0.25) is 0 Å². The summed E-state index contributed by atoms with van der Waals surface area (Å²) >= 11 is 0. The van der Waals surface area contributed by atoms with Crippen LogP contribution in [0.1, 0.15) is 37.6 Å². The van der Waals surface area contributed by atoms with Gasteiger partial charge in [0.05, 0.1) is 5.69 Å². The van der Waals surface area contributed by atoms with Crippen LogP contribution in [-0.2, 0) is 13.1 Å². The van der Waals surface area contributed by atoms with Crippen molar-refractivity contribution in [1.82, 2.24) is 15.1 Å². The van der Waals surface area contributed by atoms with Crippen molar-refractivity contribution in [3.8, 4) is 11.5 Å². The zero-order valence-corrected chi connectivity index (χ0v) is 12.5. The second-order valence-corrected chi connectivity index (χ2v) is 5.26. The summed E-state index contributed by atoms with van der Waals surface area (Å²) in [5.74, 6) is 1.66. The highest BCUT2D eigenvalue weighted by Crippen LogP contribution is 2.34. The SMILES string of the molecule is CCCn1nccc1CNC(C)c1ccc2c(c1)OCO2. The number of rotatable bonds is 6. The average Bonchev–Trinajstić information content (AvgIpc) is 3.13. The fourth-order valence-corrected chi connectivity index (χ4v) is 2.48. The molecule has 1 N–H and O–H groups in total. The quantitative estimate of drug-likeness (QED) is 0.887.